The Morgan fingerprint density at radius 2 is 2.00 bits per heavy atom. The number of carbonyl (C=O) groups is 1. The number of anilines is 1. The summed E-state index contributed by atoms with van der Waals surface area (Å²) in [5.41, 5.74) is 3.94. The SMILES string of the molecule is Cn1ncc(C(=O)c2ccc(C(F)(F)F)c(F)c2)c1N. The lowest BCUT2D eigenvalue weighted by atomic mass is 10.0. The lowest BCUT2D eigenvalue weighted by molar-refractivity contribution is -0.140. The summed E-state index contributed by atoms with van der Waals surface area (Å²) in [7, 11) is 1.50. The number of carbonyl (C=O) groups excluding carboxylic acids is 1. The van der Waals surface area contributed by atoms with E-state index in [2.05, 4.69) is 5.10 Å². The minimum absolute atomic E-state index is 0.00617. The summed E-state index contributed by atoms with van der Waals surface area (Å²) in [5.74, 6) is -2.15. The largest absolute Gasteiger partial charge is 0.419 e. The van der Waals surface area contributed by atoms with Gasteiger partial charge in [0.05, 0.1) is 17.3 Å². The fourth-order valence-electron chi connectivity index (χ4n) is 1.66. The molecule has 0 amide bonds. The minimum Gasteiger partial charge on any atom is -0.383 e. The number of nitrogen functional groups attached to an aromatic ring is 1. The van der Waals surface area contributed by atoms with Crippen LogP contribution in [0.2, 0.25) is 0 Å². The number of alkyl halides is 3. The van der Waals surface area contributed by atoms with Gasteiger partial charge in [-0.3, -0.25) is 9.48 Å². The van der Waals surface area contributed by atoms with E-state index in [1.807, 2.05) is 0 Å². The highest BCUT2D eigenvalue weighted by atomic mass is 19.4. The first-order valence-electron chi connectivity index (χ1n) is 5.40. The minimum atomic E-state index is -4.81. The first-order valence-corrected chi connectivity index (χ1v) is 5.40. The van der Waals surface area contributed by atoms with Gasteiger partial charge in [-0.05, 0) is 12.1 Å². The van der Waals surface area contributed by atoms with Gasteiger partial charge in [0.15, 0.2) is 5.78 Å². The molecule has 4 nitrogen and oxygen atoms in total. The van der Waals surface area contributed by atoms with E-state index in [4.69, 9.17) is 5.73 Å². The molecule has 0 saturated carbocycles. The Balaban J connectivity index is 2.42. The highest BCUT2D eigenvalue weighted by Gasteiger charge is 2.34. The summed E-state index contributed by atoms with van der Waals surface area (Å²) < 4.78 is 51.9. The number of hydrogen-bond donors (Lipinski definition) is 1. The normalized spacial score (nSPS) is 11.7. The molecule has 2 rings (SSSR count). The summed E-state index contributed by atoms with van der Waals surface area (Å²) in [4.78, 5) is 12.0. The molecule has 0 aliphatic rings. The molecule has 1 aromatic carbocycles. The zero-order valence-corrected chi connectivity index (χ0v) is 10.2. The molecule has 0 atom stereocenters. The Morgan fingerprint density at radius 3 is 2.45 bits per heavy atom. The Hall–Kier alpha value is -2.38. The number of aryl methyl sites for hydroxylation is 1. The summed E-state index contributed by atoms with van der Waals surface area (Å²) in [5, 5.41) is 3.74. The second kappa shape index (κ2) is 4.62. The molecule has 0 radical (unpaired) electrons. The van der Waals surface area contributed by atoms with Gasteiger partial charge in [0, 0.05) is 12.6 Å². The molecule has 0 aliphatic heterocycles. The molecule has 8 heteroatoms. The van der Waals surface area contributed by atoms with Crippen molar-refractivity contribution in [1.82, 2.24) is 9.78 Å². The van der Waals surface area contributed by atoms with Gasteiger partial charge >= 0.3 is 6.18 Å². The third-order valence-electron chi connectivity index (χ3n) is 2.77. The van der Waals surface area contributed by atoms with Crippen molar-refractivity contribution >= 4 is 11.6 Å². The van der Waals surface area contributed by atoms with Crippen molar-refractivity contribution in [1.29, 1.82) is 0 Å². The lowest BCUT2D eigenvalue weighted by Gasteiger charge is -2.08. The maximum atomic E-state index is 13.4. The lowest BCUT2D eigenvalue weighted by Crippen LogP contribution is -2.11. The molecule has 2 aromatic rings. The molecule has 0 bridgehead atoms. The van der Waals surface area contributed by atoms with E-state index >= 15 is 0 Å². The fraction of sp³-hybridized carbons (Fsp3) is 0.167. The van der Waals surface area contributed by atoms with Crippen LogP contribution in [0.5, 0.6) is 0 Å². The van der Waals surface area contributed by atoms with Crippen LogP contribution in [0.25, 0.3) is 0 Å². The van der Waals surface area contributed by atoms with Crippen LogP contribution in [0, 0.1) is 5.82 Å². The highest BCUT2D eigenvalue weighted by Crippen LogP contribution is 2.32. The van der Waals surface area contributed by atoms with Crippen LogP contribution in [0.4, 0.5) is 23.4 Å². The van der Waals surface area contributed by atoms with Crippen molar-refractivity contribution in [2.45, 2.75) is 6.18 Å². The Bertz CT molecular complexity index is 676. The molecule has 0 fully saturated rings. The van der Waals surface area contributed by atoms with Crippen molar-refractivity contribution in [3.63, 3.8) is 0 Å². The van der Waals surface area contributed by atoms with Gasteiger partial charge in [-0.2, -0.15) is 18.3 Å². The topological polar surface area (TPSA) is 60.9 Å². The molecule has 106 valence electrons. The Labute approximate surface area is 110 Å². The van der Waals surface area contributed by atoms with Gasteiger partial charge in [-0.25, -0.2) is 4.39 Å². The predicted octanol–water partition coefficient (Wildman–Crippen LogP) is 2.39. The van der Waals surface area contributed by atoms with E-state index < -0.39 is 23.3 Å². The average Bonchev–Trinajstić information content (AvgIpc) is 2.67. The van der Waals surface area contributed by atoms with Gasteiger partial charge in [-0.1, -0.05) is 6.07 Å². The van der Waals surface area contributed by atoms with E-state index in [-0.39, 0.29) is 16.9 Å². The fourth-order valence-corrected chi connectivity index (χ4v) is 1.66. The van der Waals surface area contributed by atoms with Gasteiger partial charge in [0.25, 0.3) is 0 Å². The van der Waals surface area contributed by atoms with Crippen LogP contribution in [0.15, 0.2) is 24.4 Å². The summed E-state index contributed by atoms with van der Waals surface area (Å²) in [6.07, 6.45) is -3.63. The van der Waals surface area contributed by atoms with E-state index in [1.165, 1.54) is 17.9 Å². The molecule has 0 unspecified atom stereocenters. The quantitative estimate of drug-likeness (QED) is 0.681. The zero-order chi connectivity index (χ0) is 15.1. The molecule has 0 saturated heterocycles. The molecular weight excluding hydrogens is 278 g/mol. The molecule has 0 spiro atoms. The number of ketones is 1. The molecule has 1 heterocycles. The number of aromatic nitrogens is 2. The zero-order valence-electron chi connectivity index (χ0n) is 10.2. The Kier molecular flexibility index (Phi) is 3.24. The van der Waals surface area contributed by atoms with Crippen molar-refractivity contribution < 1.29 is 22.4 Å². The summed E-state index contributed by atoms with van der Waals surface area (Å²) in [6.45, 7) is 0. The van der Waals surface area contributed by atoms with E-state index in [0.717, 1.165) is 6.07 Å². The van der Waals surface area contributed by atoms with Crippen molar-refractivity contribution in [3.05, 3.63) is 46.9 Å². The van der Waals surface area contributed by atoms with Crippen molar-refractivity contribution in [3.8, 4) is 0 Å². The summed E-state index contributed by atoms with van der Waals surface area (Å²) >= 11 is 0. The number of halogens is 4. The number of benzene rings is 1. The van der Waals surface area contributed by atoms with E-state index in [1.54, 1.807) is 0 Å². The van der Waals surface area contributed by atoms with Crippen LogP contribution in [-0.4, -0.2) is 15.6 Å². The number of rotatable bonds is 2. The standard InChI is InChI=1S/C12H9F4N3O/c1-19-11(17)7(5-18-19)10(20)6-2-3-8(9(13)4-6)12(14,15)16/h2-5H,17H2,1H3. The molecule has 1 aromatic heterocycles. The number of nitrogens with two attached hydrogens (primary N) is 1. The van der Waals surface area contributed by atoms with E-state index in [9.17, 15) is 22.4 Å². The Morgan fingerprint density at radius 1 is 1.35 bits per heavy atom. The van der Waals surface area contributed by atoms with Gasteiger partial charge in [-0.15, -0.1) is 0 Å². The third-order valence-corrected chi connectivity index (χ3v) is 2.77. The second-order valence-corrected chi connectivity index (χ2v) is 4.09. The second-order valence-electron chi connectivity index (χ2n) is 4.09. The maximum absolute atomic E-state index is 13.4. The molecule has 20 heavy (non-hydrogen) atoms. The molecular formula is C12H9F4N3O. The summed E-state index contributed by atoms with van der Waals surface area (Å²) in [6, 6.07) is 1.97. The third kappa shape index (κ3) is 2.36. The first-order chi connectivity index (χ1) is 9.21. The average molecular weight is 287 g/mol. The van der Waals surface area contributed by atoms with Crippen LogP contribution in [0.3, 0.4) is 0 Å². The first kappa shape index (κ1) is 14.0. The van der Waals surface area contributed by atoms with Crippen molar-refractivity contribution in [2.75, 3.05) is 5.73 Å². The van der Waals surface area contributed by atoms with Crippen molar-refractivity contribution in [2.24, 2.45) is 7.05 Å². The smallest absolute Gasteiger partial charge is 0.383 e. The predicted molar refractivity (Wildman–Crippen MR) is 62.5 cm³/mol. The van der Waals surface area contributed by atoms with Gasteiger partial charge < -0.3 is 5.73 Å². The highest BCUT2D eigenvalue weighted by molar-refractivity contribution is 6.11. The van der Waals surface area contributed by atoms with Crippen LogP contribution in [-0.2, 0) is 13.2 Å². The molecule has 0 aliphatic carbocycles. The number of hydrogen-bond acceptors (Lipinski definition) is 3. The van der Waals surface area contributed by atoms with E-state index in [0.29, 0.717) is 12.1 Å². The number of nitrogens with zero attached hydrogens (tertiary/aromatic N) is 2. The van der Waals surface area contributed by atoms with Crippen LogP contribution < -0.4 is 5.73 Å². The van der Waals surface area contributed by atoms with Gasteiger partial charge in [0.2, 0.25) is 0 Å². The van der Waals surface area contributed by atoms with Crippen LogP contribution >= 0.6 is 0 Å². The monoisotopic (exact) mass is 287 g/mol. The van der Waals surface area contributed by atoms with Gasteiger partial charge in [0.1, 0.15) is 11.6 Å². The van der Waals surface area contributed by atoms with Crippen LogP contribution in [0.1, 0.15) is 21.5 Å². The maximum Gasteiger partial charge on any atom is 0.419 e. The molecule has 2 N–H and O–H groups in total.